The molecule has 2 atom stereocenters. The van der Waals surface area contributed by atoms with Crippen molar-refractivity contribution in [3.8, 4) is 12.1 Å². The first-order chi connectivity index (χ1) is 8.69. The number of rotatable bonds is 6. The summed E-state index contributed by atoms with van der Waals surface area (Å²) < 4.78 is 5.57. The number of benzene rings is 1. The maximum Gasteiger partial charge on any atom is 0.143 e. The third-order valence-electron chi connectivity index (χ3n) is 2.57. The fourth-order valence-electron chi connectivity index (χ4n) is 1.71. The van der Waals surface area contributed by atoms with Crippen LogP contribution in [-0.4, -0.2) is 18.9 Å². The molecule has 1 aromatic rings. The zero-order chi connectivity index (χ0) is 13.4. The molecule has 4 nitrogen and oxygen atoms in total. The van der Waals surface area contributed by atoms with Gasteiger partial charge in [-0.05, 0) is 26.0 Å². The highest BCUT2D eigenvalue weighted by atomic mass is 16.5. The fourth-order valence-corrected chi connectivity index (χ4v) is 1.71. The lowest BCUT2D eigenvalue weighted by Gasteiger charge is -2.31. The van der Waals surface area contributed by atoms with Crippen molar-refractivity contribution in [1.82, 2.24) is 0 Å². The van der Waals surface area contributed by atoms with E-state index in [9.17, 15) is 0 Å². The van der Waals surface area contributed by atoms with E-state index in [1.807, 2.05) is 48.2 Å². The molecule has 0 fully saturated rings. The first kappa shape index (κ1) is 14.0. The zero-order valence-corrected chi connectivity index (χ0v) is 10.7. The average molecular weight is 243 g/mol. The van der Waals surface area contributed by atoms with Gasteiger partial charge in [-0.3, -0.25) is 0 Å². The Morgan fingerprint density at radius 2 is 1.89 bits per heavy atom. The molecule has 0 aliphatic rings. The van der Waals surface area contributed by atoms with Crippen LogP contribution >= 0.6 is 0 Å². The molecule has 4 heteroatoms. The van der Waals surface area contributed by atoms with Crippen LogP contribution in [0.4, 0.5) is 5.69 Å². The van der Waals surface area contributed by atoms with Crippen LogP contribution in [0.15, 0.2) is 30.3 Å². The van der Waals surface area contributed by atoms with Crippen LogP contribution in [0.25, 0.3) is 0 Å². The van der Waals surface area contributed by atoms with Gasteiger partial charge < -0.3 is 9.64 Å². The molecule has 0 saturated heterocycles. The van der Waals surface area contributed by atoms with Crippen molar-refractivity contribution in [2.24, 2.45) is 0 Å². The molecule has 1 rings (SSSR count). The minimum atomic E-state index is -0.465. The van der Waals surface area contributed by atoms with Gasteiger partial charge in [0.25, 0.3) is 0 Å². The summed E-state index contributed by atoms with van der Waals surface area (Å²) in [7, 11) is 0. The Morgan fingerprint density at radius 3 is 2.44 bits per heavy atom. The van der Waals surface area contributed by atoms with Gasteiger partial charge >= 0.3 is 0 Å². The highest BCUT2D eigenvalue weighted by molar-refractivity contribution is 5.46. The van der Waals surface area contributed by atoms with Crippen molar-refractivity contribution in [1.29, 1.82) is 10.5 Å². The summed E-state index contributed by atoms with van der Waals surface area (Å²) in [6.45, 7) is 4.18. The topological polar surface area (TPSA) is 60.0 Å². The van der Waals surface area contributed by atoms with E-state index in [0.717, 1.165) is 5.69 Å². The zero-order valence-electron chi connectivity index (χ0n) is 10.7. The summed E-state index contributed by atoms with van der Waals surface area (Å²) in [5.74, 6) is 0. The van der Waals surface area contributed by atoms with Crippen molar-refractivity contribution < 1.29 is 4.74 Å². The van der Waals surface area contributed by atoms with Crippen LogP contribution in [-0.2, 0) is 4.74 Å². The number of ether oxygens (including phenoxy) is 1. The smallest absolute Gasteiger partial charge is 0.143 e. The summed E-state index contributed by atoms with van der Waals surface area (Å²) in [6, 6.07) is 13.9. The molecule has 0 saturated carbocycles. The van der Waals surface area contributed by atoms with Crippen LogP contribution in [0, 0.1) is 22.7 Å². The number of hydrogen-bond donors (Lipinski definition) is 0. The summed E-state index contributed by atoms with van der Waals surface area (Å²) in [4.78, 5) is 1.98. The predicted octanol–water partition coefficient (Wildman–Crippen LogP) is 2.68. The molecule has 0 amide bonds. The van der Waals surface area contributed by atoms with E-state index in [1.165, 1.54) is 0 Å². The van der Waals surface area contributed by atoms with E-state index in [-0.39, 0.29) is 6.23 Å². The Bertz CT molecular complexity index is 433. The lowest BCUT2D eigenvalue weighted by molar-refractivity contribution is 0.0364. The monoisotopic (exact) mass is 243 g/mol. The van der Waals surface area contributed by atoms with Gasteiger partial charge in [-0.15, -0.1) is 0 Å². The molecule has 0 aliphatic heterocycles. The number of hydrogen-bond acceptors (Lipinski definition) is 4. The van der Waals surface area contributed by atoms with E-state index >= 15 is 0 Å². The van der Waals surface area contributed by atoms with Crippen molar-refractivity contribution in [2.45, 2.75) is 32.6 Å². The molecule has 0 N–H and O–H groups in total. The molecule has 2 unspecified atom stereocenters. The molecular formula is C14H17N3O. The van der Waals surface area contributed by atoms with Gasteiger partial charge in [-0.2, -0.15) is 10.5 Å². The Morgan fingerprint density at radius 1 is 1.22 bits per heavy atom. The number of nitriles is 2. The van der Waals surface area contributed by atoms with E-state index < -0.39 is 6.10 Å². The Kier molecular flexibility index (Phi) is 5.70. The van der Waals surface area contributed by atoms with Gasteiger partial charge in [0, 0.05) is 12.2 Å². The fraction of sp³-hybridized carbons (Fsp3) is 0.429. The van der Waals surface area contributed by atoms with Crippen LogP contribution in [0.1, 0.15) is 20.3 Å². The second-order valence-corrected chi connectivity index (χ2v) is 3.94. The van der Waals surface area contributed by atoms with Crippen LogP contribution in [0.2, 0.25) is 0 Å². The largest absolute Gasteiger partial charge is 0.345 e. The van der Waals surface area contributed by atoms with E-state index in [4.69, 9.17) is 15.3 Å². The highest BCUT2D eigenvalue weighted by Gasteiger charge is 2.16. The van der Waals surface area contributed by atoms with Crippen LogP contribution in [0.5, 0.6) is 0 Å². The second kappa shape index (κ2) is 7.32. The lowest BCUT2D eigenvalue weighted by atomic mass is 10.2. The predicted molar refractivity (Wildman–Crippen MR) is 69.6 cm³/mol. The van der Waals surface area contributed by atoms with Crippen molar-refractivity contribution in [3.05, 3.63) is 30.3 Å². The number of para-hydroxylation sites is 1. The molecule has 0 spiro atoms. The Hall–Kier alpha value is -2.04. The Balaban J connectivity index is 2.79. The molecule has 0 heterocycles. The molecule has 0 bridgehead atoms. The van der Waals surface area contributed by atoms with Crippen LogP contribution in [0.3, 0.4) is 0 Å². The second-order valence-electron chi connectivity index (χ2n) is 3.94. The van der Waals surface area contributed by atoms with E-state index in [2.05, 4.69) is 6.07 Å². The third-order valence-corrected chi connectivity index (χ3v) is 2.57. The minimum absolute atomic E-state index is 0.240. The molecular weight excluding hydrogens is 226 g/mol. The molecule has 0 radical (unpaired) electrons. The van der Waals surface area contributed by atoms with Gasteiger partial charge in [0.1, 0.15) is 12.3 Å². The maximum absolute atomic E-state index is 8.77. The first-order valence-corrected chi connectivity index (χ1v) is 5.92. The third kappa shape index (κ3) is 4.08. The van der Waals surface area contributed by atoms with Gasteiger partial charge in [0.15, 0.2) is 0 Å². The normalized spacial score (nSPS) is 13.1. The summed E-state index contributed by atoms with van der Waals surface area (Å²) in [6.07, 6.45) is -0.285. The van der Waals surface area contributed by atoms with Crippen molar-refractivity contribution in [2.75, 3.05) is 11.4 Å². The van der Waals surface area contributed by atoms with Crippen LogP contribution < -0.4 is 4.90 Å². The Labute approximate surface area is 108 Å². The first-order valence-electron chi connectivity index (χ1n) is 5.92. The maximum atomic E-state index is 8.77. The van der Waals surface area contributed by atoms with Crippen molar-refractivity contribution >= 4 is 5.69 Å². The van der Waals surface area contributed by atoms with Gasteiger partial charge in [0.05, 0.1) is 18.6 Å². The lowest BCUT2D eigenvalue weighted by Crippen LogP contribution is -2.37. The summed E-state index contributed by atoms with van der Waals surface area (Å²) >= 11 is 0. The van der Waals surface area contributed by atoms with Crippen molar-refractivity contribution in [3.63, 3.8) is 0 Å². The number of nitrogens with zero attached hydrogens (tertiary/aromatic N) is 3. The highest BCUT2D eigenvalue weighted by Crippen LogP contribution is 2.18. The average Bonchev–Trinajstić information content (AvgIpc) is 2.40. The van der Waals surface area contributed by atoms with Gasteiger partial charge in [-0.1, -0.05) is 18.2 Å². The SMILES string of the molecule is CC(C#N)OC(C)N(CCC#N)c1ccccc1. The van der Waals surface area contributed by atoms with Gasteiger partial charge in [-0.25, -0.2) is 0 Å². The summed E-state index contributed by atoms with van der Waals surface area (Å²) in [5.41, 5.74) is 0.991. The molecule has 0 aromatic heterocycles. The van der Waals surface area contributed by atoms with Gasteiger partial charge in [0.2, 0.25) is 0 Å². The molecule has 1 aromatic carbocycles. The summed E-state index contributed by atoms with van der Waals surface area (Å²) in [5, 5.41) is 17.5. The quantitative estimate of drug-likeness (QED) is 0.721. The standard InChI is InChI=1S/C14H17N3O/c1-12(11-16)18-13(2)17(10-6-9-15)14-7-4-3-5-8-14/h3-5,7-8,12-13H,6,10H2,1-2H3. The molecule has 18 heavy (non-hydrogen) atoms. The van der Waals surface area contributed by atoms with E-state index in [0.29, 0.717) is 13.0 Å². The molecule has 0 aliphatic carbocycles. The molecule has 94 valence electrons. The minimum Gasteiger partial charge on any atom is -0.345 e. The number of anilines is 1. The van der Waals surface area contributed by atoms with E-state index in [1.54, 1.807) is 6.92 Å².